The van der Waals surface area contributed by atoms with E-state index >= 15 is 8.78 Å². The molecule has 23 heteroatoms. The van der Waals surface area contributed by atoms with E-state index in [0.29, 0.717) is 59.3 Å². The van der Waals surface area contributed by atoms with Gasteiger partial charge in [-0.3, -0.25) is 52.8 Å². The molecule has 0 saturated carbocycles. The third-order valence-corrected chi connectivity index (χ3v) is 16.7. The summed E-state index contributed by atoms with van der Waals surface area (Å²) in [4.78, 5) is 123. The van der Waals surface area contributed by atoms with Gasteiger partial charge in [-0.2, -0.15) is 8.78 Å². The number of hydrogen-bond donors (Lipinski definition) is 3. The van der Waals surface area contributed by atoms with Crippen molar-refractivity contribution in [3.63, 3.8) is 0 Å². The van der Waals surface area contributed by atoms with E-state index in [-0.39, 0.29) is 66.9 Å². The summed E-state index contributed by atoms with van der Waals surface area (Å²) in [5.74, 6) is 2.46. The molecule has 78 heavy (non-hydrogen) atoms. The number of alkyl halides is 2. The average molecular weight is 1180 g/mol. The Morgan fingerprint density at radius 2 is 1.71 bits per heavy atom. The third-order valence-electron chi connectivity index (χ3n) is 13.7. The van der Waals surface area contributed by atoms with Gasteiger partial charge in [0.25, 0.3) is 11.8 Å². The summed E-state index contributed by atoms with van der Waals surface area (Å²) >= 11 is 4.39. The Kier molecular flexibility index (Phi) is 18.2. The maximum absolute atomic E-state index is 15.5. The number of carbonyl (C=O) groups is 8. The van der Waals surface area contributed by atoms with Crippen molar-refractivity contribution < 1.29 is 65.9 Å². The molecule has 7 amide bonds. The van der Waals surface area contributed by atoms with E-state index in [2.05, 4.69) is 42.9 Å². The SMILES string of the molecule is CN(CCCC#Cc1cccc2c1CN(C1CCC(=O)NC1=O)C2=O)C(=O)CCN(C(=O)[C@@H]1CCCN1C(=O)[C@@H](NC(=O)c1cc2cc(C(F)(F)P(=O)(O)OCOC(=O)C(C)(C)C)ccc2s1)C(C)(C)C)c1ccc(Br)cc1. The van der Waals surface area contributed by atoms with E-state index in [1.165, 1.54) is 47.6 Å². The van der Waals surface area contributed by atoms with Crippen molar-refractivity contribution in [2.45, 2.75) is 117 Å². The maximum atomic E-state index is 15.5. The van der Waals surface area contributed by atoms with Crippen molar-refractivity contribution >= 4 is 98.0 Å². The van der Waals surface area contributed by atoms with Gasteiger partial charge >= 0.3 is 19.2 Å². The van der Waals surface area contributed by atoms with Crippen LogP contribution in [0.1, 0.15) is 123 Å². The van der Waals surface area contributed by atoms with Gasteiger partial charge in [0.15, 0.2) is 0 Å². The molecule has 0 radical (unpaired) electrons. The first-order valence-corrected chi connectivity index (χ1v) is 28.5. The number of halogens is 3. The highest BCUT2D eigenvalue weighted by molar-refractivity contribution is 9.10. The molecule has 7 rings (SSSR count). The number of carbonyl (C=O) groups excluding carboxylic acids is 8. The summed E-state index contributed by atoms with van der Waals surface area (Å²) in [5, 5.41) is 5.28. The molecule has 4 heterocycles. The second kappa shape index (κ2) is 23.9. The summed E-state index contributed by atoms with van der Waals surface area (Å²) in [6.07, 6.45) is 2.10. The molecule has 0 bridgehead atoms. The minimum absolute atomic E-state index is 0.00950. The highest BCUT2D eigenvalue weighted by Gasteiger charge is 2.53. The van der Waals surface area contributed by atoms with Crippen LogP contribution in [-0.2, 0) is 54.8 Å². The minimum Gasteiger partial charge on any atom is -0.438 e. The second-order valence-electron chi connectivity index (χ2n) is 21.5. The van der Waals surface area contributed by atoms with Crippen molar-refractivity contribution in [1.82, 2.24) is 25.3 Å². The van der Waals surface area contributed by atoms with Gasteiger partial charge in [-0.1, -0.05) is 60.7 Å². The molecule has 416 valence electrons. The lowest BCUT2D eigenvalue weighted by Crippen LogP contribution is -2.58. The van der Waals surface area contributed by atoms with Crippen LogP contribution >= 0.6 is 34.9 Å². The van der Waals surface area contributed by atoms with Gasteiger partial charge in [0, 0.05) is 84.0 Å². The zero-order chi connectivity index (χ0) is 57.1. The summed E-state index contributed by atoms with van der Waals surface area (Å²) < 4.78 is 54.2. The summed E-state index contributed by atoms with van der Waals surface area (Å²) in [7, 11) is -4.08. The first kappa shape index (κ1) is 59.3. The number of hydrogen-bond acceptors (Lipinski definition) is 12. The van der Waals surface area contributed by atoms with Crippen LogP contribution in [0, 0.1) is 22.7 Å². The summed E-state index contributed by atoms with van der Waals surface area (Å²) in [6, 6.07) is 13.8. The van der Waals surface area contributed by atoms with E-state index in [1.54, 1.807) is 69.1 Å². The number of rotatable bonds is 17. The Labute approximate surface area is 463 Å². The molecular weight excluding hydrogens is 1120 g/mol. The number of ether oxygens (including phenoxy) is 1. The fourth-order valence-corrected chi connectivity index (χ4v) is 11.2. The smallest absolute Gasteiger partial charge is 0.404 e. The van der Waals surface area contributed by atoms with Gasteiger partial charge in [0.1, 0.15) is 18.1 Å². The Morgan fingerprint density at radius 3 is 2.38 bits per heavy atom. The lowest BCUT2D eigenvalue weighted by molar-refractivity contribution is -0.160. The molecule has 3 aliphatic rings. The lowest BCUT2D eigenvalue weighted by atomic mass is 9.85. The molecule has 3 N–H and O–H groups in total. The molecule has 2 saturated heterocycles. The number of thiophene rings is 1. The van der Waals surface area contributed by atoms with Gasteiger partial charge in [-0.05, 0) is 117 Å². The average Bonchev–Trinajstić information content (AvgIpc) is 4.15. The standard InChI is InChI=1S/C55H62BrF2N6O12PS/c1-53(2,3)46(60-48(68)43-30-34-29-35(17-23-42(34)78-43)55(57,58)77(73,74)76-32-75-52(72)54(4,5)6)51(71)63-27-12-16-41(63)50(70)62(37-20-18-36(56)19-21-37)28-25-45(66)61(7)26-10-8-9-13-33-14-11-15-38-39(33)31-64(49(38)69)40-22-24-44(65)59-47(40)67/h11,14-15,17-21,23,29-30,40-41,46H,8,10,12,16,22,24-28,31-32H2,1-7H3,(H,60,68)(H,73,74)(H,59,65,67)/t40?,41-,46+/m0/s1. The first-order chi connectivity index (χ1) is 36.6. The number of nitrogens with zero attached hydrogens (tertiary/aromatic N) is 4. The van der Waals surface area contributed by atoms with Gasteiger partial charge in [0.2, 0.25) is 36.3 Å². The molecule has 2 fully saturated rings. The van der Waals surface area contributed by atoms with Crippen molar-refractivity contribution in [2.75, 3.05) is 38.4 Å². The number of nitrogens with one attached hydrogen (secondary N) is 2. The van der Waals surface area contributed by atoms with Crippen LogP contribution in [-0.4, -0.2) is 119 Å². The number of esters is 1. The van der Waals surface area contributed by atoms with E-state index in [9.17, 15) is 47.8 Å². The number of amides is 7. The fraction of sp³-hybridized carbons (Fsp3) is 0.455. The Hall–Kier alpha value is -6.37. The van der Waals surface area contributed by atoms with Crippen LogP contribution in [0.5, 0.6) is 0 Å². The zero-order valence-corrected chi connectivity index (χ0v) is 47.6. The number of likely N-dealkylation sites (tertiary alicyclic amines) is 1. The largest absolute Gasteiger partial charge is 0.438 e. The van der Waals surface area contributed by atoms with Gasteiger partial charge in [-0.15, -0.1) is 11.3 Å². The topological polar surface area (TPSA) is 229 Å². The molecule has 18 nitrogen and oxygen atoms in total. The van der Waals surface area contributed by atoms with Crippen molar-refractivity contribution in [3.05, 3.63) is 98.3 Å². The number of benzene rings is 3. The van der Waals surface area contributed by atoms with Gasteiger partial charge in [-0.25, -0.2) is 0 Å². The highest BCUT2D eigenvalue weighted by Crippen LogP contribution is 2.63. The minimum atomic E-state index is -5.75. The molecule has 0 aliphatic carbocycles. The van der Waals surface area contributed by atoms with Crippen LogP contribution in [0.25, 0.3) is 10.1 Å². The third kappa shape index (κ3) is 13.4. The lowest BCUT2D eigenvalue weighted by Gasteiger charge is -2.36. The molecule has 4 atom stereocenters. The second-order valence-corrected chi connectivity index (χ2v) is 25.3. The molecule has 4 aromatic rings. The number of fused-ring (bicyclic) bond motifs is 2. The van der Waals surface area contributed by atoms with E-state index in [0.717, 1.165) is 27.9 Å². The van der Waals surface area contributed by atoms with Gasteiger partial charge in [0.05, 0.1) is 10.3 Å². The highest BCUT2D eigenvalue weighted by atomic mass is 79.9. The first-order valence-electron chi connectivity index (χ1n) is 25.3. The van der Waals surface area contributed by atoms with E-state index in [1.807, 2.05) is 6.07 Å². The Morgan fingerprint density at radius 1 is 0.987 bits per heavy atom. The molecule has 0 spiro atoms. The normalized spacial score (nSPS) is 17.9. The Bertz CT molecular complexity index is 3150. The number of anilines is 1. The fourth-order valence-electron chi connectivity index (χ4n) is 9.21. The quantitative estimate of drug-likeness (QED) is 0.0228. The monoisotopic (exact) mass is 1180 g/mol. The predicted octanol–water partition coefficient (Wildman–Crippen LogP) is 8.07. The van der Waals surface area contributed by atoms with Crippen LogP contribution in [0.2, 0.25) is 0 Å². The van der Waals surface area contributed by atoms with Crippen LogP contribution in [0.3, 0.4) is 0 Å². The van der Waals surface area contributed by atoms with Crippen LogP contribution < -0.4 is 15.5 Å². The van der Waals surface area contributed by atoms with Crippen molar-refractivity contribution in [1.29, 1.82) is 0 Å². The van der Waals surface area contributed by atoms with Gasteiger partial charge < -0.3 is 34.5 Å². The van der Waals surface area contributed by atoms with Crippen molar-refractivity contribution in [3.8, 4) is 11.8 Å². The van der Waals surface area contributed by atoms with E-state index in [4.69, 9.17) is 4.74 Å². The molecule has 3 aliphatic heterocycles. The molecule has 2 unspecified atom stereocenters. The van der Waals surface area contributed by atoms with Crippen LogP contribution in [0.15, 0.2) is 71.2 Å². The zero-order valence-electron chi connectivity index (χ0n) is 44.3. The molecular formula is C55H62BrF2N6O12PS. The number of piperidine rings is 1. The number of unbranched alkanes of at least 4 members (excludes halogenated alkanes) is 1. The Balaban J connectivity index is 0.975. The van der Waals surface area contributed by atoms with Crippen LogP contribution in [0.4, 0.5) is 14.5 Å². The van der Waals surface area contributed by atoms with Crippen molar-refractivity contribution in [2.24, 2.45) is 10.8 Å². The molecule has 3 aromatic carbocycles. The molecule has 1 aromatic heterocycles. The summed E-state index contributed by atoms with van der Waals surface area (Å²) in [6.45, 7) is 9.35. The van der Waals surface area contributed by atoms with E-state index < -0.39 is 84.2 Å². The number of imide groups is 1. The summed E-state index contributed by atoms with van der Waals surface area (Å²) in [5.41, 5.74) is -4.89. The predicted molar refractivity (Wildman–Crippen MR) is 290 cm³/mol. The maximum Gasteiger partial charge on any atom is 0.404 e.